The summed E-state index contributed by atoms with van der Waals surface area (Å²) in [5.41, 5.74) is 1.19. The van der Waals surface area contributed by atoms with Gasteiger partial charge in [-0.05, 0) is 37.6 Å². The first kappa shape index (κ1) is 17.1. The van der Waals surface area contributed by atoms with E-state index in [1.165, 1.54) is 17.8 Å². The Kier molecular flexibility index (Phi) is 5.81. The summed E-state index contributed by atoms with van der Waals surface area (Å²) in [6.45, 7) is 3.69. The molecule has 2 rings (SSSR count). The van der Waals surface area contributed by atoms with Crippen LogP contribution in [-0.4, -0.2) is 28.2 Å². The van der Waals surface area contributed by atoms with Gasteiger partial charge in [0.2, 0.25) is 5.91 Å². The van der Waals surface area contributed by atoms with E-state index >= 15 is 0 Å². The molecule has 1 aromatic heterocycles. The molecule has 1 aromatic carbocycles. The van der Waals surface area contributed by atoms with E-state index < -0.39 is 5.25 Å². The zero-order chi connectivity index (χ0) is 16.8. The van der Waals surface area contributed by atoms with Crippen LogP contribution in [-0.2, 0) is 11.2 Å². The molecule has 0 fully saturated rings. The number of hydrogen-bond acceptors (Lipinski definition) is 5. The Hall–Kier alpha value is -2.28. The van der Waals surface area contributed by atoms with Gasteiger partial charge in [0.15, 0.2) is 5.16 Å². The van der Waals surface area contributed by atoms with Crippen LogP contribution in [0.3, 0.4) is 0 Å². The van der Waals surface area contributed by atoms with Gasteiger partial charge in [-0.3, -0.25) is 9.59 Å². The number of rotatable bonds is 6. The summed E-state index contributed by atoms with van der Waals surface area (Å²) in [5.74, 6) is 0.563. The van der Waals surface area contributed by atoms with Crippen LogP contribution in [0.2, 0.25) is 0 Å². The van der Waals surface area contributed by atoms with Crippen molar-refractivity contribution in [3.05, 3.63) is 46.4 Å². The van der Waals surface area contributed by atoms with Crippen LogP contribution in [0.5, 0.6) is 5.75 Å². The molecule has 0 aliphatic carbocycles. The molecule has 0 spiro atoms. The van der Waals surface area contributed by atoms with Crippen molar-refractivity contribution < 1.29 is 9.53 Å². The third kappa shape index (κ3) is 4.85. The van der Waals surface area contributed by atoms with Crippen LogP contribution in [0.4, 0.5) is 5.69 Å². The molecular weight excluding hydrogens is 314 g/mol. The Balaban J connectivity index is 2.01. The van der Waals surface area contributed by atoms with Crippen LogP contribution < -0.4 is 15.6 Å². The fourth-order valence-corrected chi connectivity index (χ4v) is 2.69. The van der Waals surface area contributed by atoms with Gasteiger partial charge in [0, 0.05) is 17.4 Å². The van der Waals surface area contributed by atoms with E-state index in [2.05, 4.69) is 15.3 Å². The third-order valence-electron chi connectivity index (χ3n) is 3.15. The molecule has 1 amide bonds. The van der Waals surface area contributed by atoms with E-state index in [1.807, 2.05) is 6.92 Å². The number of thioether (sulfide) groups is 1. The molecule has 7 heteroatoms. The Morgan fingerprint density at radius 2 is 2.09 bits per heavy atom. The number of benzene rings is 1. The van der Waals surface area contributed by atoms with Gasteiger partial charge in [0.25, 0.3) is 5.56 Å². The van der Waals surface area contributed by atoms with Crippen LogP contribution in [0.25, 0.3) is 0 Å². The van der Waals surface area contributed by atoms with E-state index in [9.17, 15) is 9.59 Å². The number of nitrogens with zero attached hydrogens (tertiary/aromatic N) is 1. The second kappa shape index (κ2) is 7.82. The maximum absolute atomic E-state index is 12.2. The summed E-state index contributed by atoms with van der Waals surface area (Å²) in [5, 5.41) is 2.88. The average molecular weight is 333 g/mol. The summed E-state index contributed by atoms with van der Waals surface area (Å²) in [4.78, 5) is 30.7. The fraction of sp³-hybridized carbons (Fsp3) is 0.312. The summed E-state index contributed by atoms with van der Waals surface area (Å²) < 4.78 is 5.07. The molecule has 2 aromatic rings. The van der Waals surface area contributed by atoms with Crippen molar-refractivity contribution >= 4 is 23.4 Å². The highest BCUT2D eigenvalue weighted by Gasteiger charge is 2.16. The minimum absolute atomic E-state index is 0.162. The van der Waals surface area contributed by atoms with Crippen LogP contribution in [0.1, 0.15) is 19.5 Å². The number of carbonyl (C=O) groups is 1. The first-order valence-corrected chi connectivity index (χ1v) is 8.11. The SMILES string of the molecule is CCc1cc(=O)[nH]c(SC(C)C(=O)Nc2ccc(OC)cc2)n1. The molecule has 0 aliphatic heterocycles. The third-order valence-corrected chi connectivity index (χ3v) is 4.13. The smallest absolute Gasteiger partial charge is 0.251 e. The predicted molar refractivity (Wildman–Crippen MR) is 91.2 cm³/mol. The number of aryl methyl sites for hydroxylation is 1. The highest BCUT2D eigenvalue weighted by atomic mass is 32.2. The monoisotopic (exact) mass is 333 g/mol. The molecule has 23 heavy (non-hydrogen) atoms. The molecule has 1 heterocycles. The molecule has 1 atom stereocenters. The number of amides is 1. The second-order valence-corrected chi connectivity index (χ2v) is 6.20. The maximum Gasteiger partial charge on any atom is 0.251 e. The molecule has 2 N–H and O–H groups in total. The lowest BCUT2D eigenvalue weighted by molar-refractivity contribution is -0.115. The Morgan fingerprint density at radius 3 is 2.70 bits per heavy atom. The highest BCUT2D eigenvalue weighted by Crippen LogP contribution is 2.21. The zero-order valence-electron chi connectivity index (χ0n) is 13.3. The lowest BCUT2D eigenvalue weighted by atomic mass is 10.3. The first-order valence-electron chi connectivity index (χ1n) is 7.23. The lowest BCUT2D eigenvalue weighted by Gasteiger charge is -2.12. The molecular formula is C16H19N3O3S. The predicted octanol–water partition coefficient (Wildman–Crippen LogP) is 2.46. The highest BCUT2D eigenvalue weighted by molar-refractivity contribution is 8.00. The summed E-state index contributed by atoms with van der Waals surface area (Å²) in [7, 11) is 1.59. The zero-order valence-corrected chi connectivity index (χ0v) is 14.1. The number of hydrogen-bond donors (Lipinski definition) is 2. The Morgan fingerprint density at radius 1 is 1.39 bits per heavy atom. The van der Waals surface area contributed by atoms with Gasteiger partial charge >= 0.3 is 0 Å². The lowest BCUT2D eigenvalue weighted by Crippen LogP contribution is -2.23. The summed E-state index contributed by atoms with van der Waals surface area (Å²) >= 11 is 1.22. The number of methoxy groups -OCH3 is 1. The van der Waals surface area contributed by atoms with Crippen molar-refractivity contribution in [2.24, 2.45) is 0 Å². The van der Waals surface area contributed by atoms with Gasteiger partial charge in [-0.15, -0.1) is 0 Å². The molecule has 0 aliphatic rings. The van der Waals surface area contributed by atoms with E-state index in [-0.39, 0.29) is 11.5 Å². The quantitative estimate of drug-likeness (QED) is 0.627. The standard InChI is InChI=1S/C16H19N3O3S/c1-4-11-9-14(20)19-16(18-11)23-10(2)15(21)17-12-5-7-13(22-3)8-6-12/h5-10H,4H2,1-3H3,(H,17,21)(H,18,19,20). The van der Waals surface area contributed by atoms with Crippen LogP contribution in [0, 0.1) is 0 Å². The molecule has 0 saturated carbocycles. The number of aromatic nitrogens is 2. The average Bonchev–Trinajstić information content (AvgIpc) is 2.54. The van der Waals surface area contributed by atoms with Crippen LogP contribution >= 0.6 is 11.8 Å². The number of ether oxygens (including phenoxy) is 1. The van der Waals surface area contributed by atoms with E-state index in [4.69, 9.17) is 4.74 Å². The topological polar surface area (TPSA) is 84.1 Å². The minimum Gasteiger partial charge on any atom is -0.497 e. The van der Waals surface area contributed by atoms with Crippen molar-refractivity contribution in [3.8, 4) is 5.75 Å². The number of nitrogens with one attached hydrogen (secondary N) is 2. The number of aromatic amines is 1. The maximum atomic E-state index is 12.2. The Bertz CT molecular complexity index is 728. The summed E-state index contributed by atoms with van der Waals surface area (Å²) in [6.07, 6.45) is 0.671. The van der Waals surface area contributed by atoms with Crippen molar-refractivity contribution in [2.45, 2.75) is 30.7 Å². The normalized spacial score (nSPS) is 11.8. The molecule has 0 radical (unpaired) electrons. The van der Waals surface area contributed by atoms with Crippen LogP contribution in [0.15, 0.2) is 40.3 Å². The molecule has 0 bridgehead atoms. The molecule has 0 saturated heterocycles. The Labute approximate surface area is 138 Å². The number of H-pyrrole nitrogens is 1. The van der Waals surface area contributed by atoms with Gasteiger partial charge in [-0.1, -0.05) is 18.7 Å². The van der Waals surface area contributed by atoms with E-state index in [0.29, 0.717) is 23.0 Å². The van der Waals surface area contributed by atoms with Gasteiger partial charge in [-0.25, -0.2) is 4.98 Å². The second-order valence-electron chi connectivity index (χ2n) is 4.87. The van der Waals surface area contributed by atoms with Gasteiger partial charge in [0.1, 0.15) is 5.75 Å². The largest absolute Gasteiger partial charge is 0.497 e. The molecule has 1 unspecified atom stereocenters. The molecule has 6 nitrogen and oxygen atoms in total. The molecule has 122 valence electrons. The van der Waals surface area contributed by atoms with Crippen molar-refractivity contribution in [3.63, 3.8) is 0 Å². The van der Waals surface area contributed by atoms with Crippen molar-refractivity contribution in [1.82, 2.24) is 9.97 Å². The number of carbonyl (C=O) groups excluding carboxylic acids is 1. The van der Waals surface area contributed by atoms with E-state index in [1.54, 1.807) is 38.3 Å². The summed E-state index contributed by atoms with van der Waals surface area (Å²) in [6, 6.07) is 8.55. The van der Waals surface area contributed by atoms with E-state index in [0.717, 1.165) is 5.75 Å². The fourth-order valence-electron chi connectivity index (χ4n) is 1.86. The minimum atomic E-state index is -0.396. The first-order chi connectivity index (χ1) is 11.0. The number of anilines is 1. The van der Waals surface area contributed by atoms with Gasteiger partial charge in [0.05, 0.1) is 12.4 Å². The van der Waals surface area contributed by atoms with Gasteiger partial charge < -0.3 is 15.0 Å². The van der Waals surface area contributed by atoms with Crippen molar-refractivity contribution in [1.29, 1.82) is 0 Å². The van der Waals surface area contributed by atoms with Gasteiger partial charge in [-0.2, -0.15) is 0 Å². The van der Waals surface area contributed by atoms with Crippen molar-refractivity contribution in [2.75, 3.05) is 12.4 Å².